The number of hydrogen-bond donors (Lipinski definition) is 1. The first-order valence-electron chi connectivity index (χ1n) is 9.10. The number of rotatable bonds is 2. The minimum Gasteiger partial charge on any atom is -0.361 e. The molecule has 2 aliphatic rings. The molecule has 2 aromatic rings. The highest BCUT2D eigenvalue weighted by Gasteiger charge is 2.44. The van der Waals surface area contributed by atoms with E-state index in [0.717, 1.165) is 42.1 Å². The highest BCUT2D eigenvalue weighted by molar-refractivity contribution is 5.86. The standard InChI is InChI=1S/C20H22FN3O/c21-15-3-4-18-16(11-15)17(12-23-18)14-5-9-24(10-6-14)19(25)20(13-22)7-1-2-8-20/h3-4,11-12,14,23H,1-2,5-10H2. The van der Waals surface area contributed by atoms with Gasteiger partial charge in [-0.2, -0.15) is 5.26 Å². The predicted molar refractivity (Wildman–Crippen MR) is 93.3 cm³/mol. The summed E-state index contributed by atoms with van der Waals surface area (Å²) in [5.74, 6) is 0.121. The third kappa shape index (κ3) is 2.70. The zero-order valence-corrected chi connectivity index (χ0v) is 14.2. The second-order valence-electron chi connectivity index (χ2n) is 7.40. The van der Waals surface area contributed by atoms with Crippen LogP contribution in [0.2, 0.25) is 0 Å². The van der Waals surface area contributed by atoms with E-state index in [2.05, 4.69) is 11.1 Å². The van der Waals surface area contributed by atoms with Crippen LogP contribution in [0.4, 0.5) is 4.39 Å². The van der Waals surface area contributed by atoms with Crippen molar-refractivity contribution in [2.75, 3.05) is 13.1 Å². The largest absolute Gasteiger partial charge is 0.361 e. The van der Waals surface area contributed by atoms with Crippen molar-refractivity contribution in [3.8, 4) is 6.07 Å². The zero-order chi connectivity index (χ0) is 17.4. The van der Waals surface area contributed by atoms with Crippen molar-refractivity contribution in [3.05, 3.63) is 35.8 Å². The average molecular weight is 339 g/mol. The van der Waals surface area contributed by atoms with Gasteiger partial charge in [-0.15, -0.1) is 0 Å². The van der Waals surface area contributed by atoms with Gasteiger partial charge in [-0.1, -0.05) is 12.8 Å². The quantitative estimate of drug-likeness (QED) is 0.895. The number of halogens is 1. The Morgan fingerprint density at radius 3 is 2.68 bits per heavy atom. The fourth-order valence-corrected chi connectivity index (χ4v) is 4.50. The molecule has 1 saturated heterocycles. The molecule has 0 unspecified atom stereocenters. The highest BCUT2D eigenvalue weighted by atomic mass is 19.1. The number of hydrogen-bond acceptors (Lipinski definition) is 2. The Morgan fingerprint density at radius 1 is 1.28 bits per heavy atom. The fraction of sp³-hybridized carbons (Fsp3) is 0.500. The van der Waals surface area contributed by atoms with Crippen LogP contribution in [0, 0.1) is 22.6 Å². The molecule has 0 bridgehead atoms. The van der Waals surface area contributed by atoms with Crippen LogP contribution in [-0.4, -0.2) is 28.9 Å². The Kier molecular flexibility index (Phi) is 3.99. The first-order valence-corrected chi connectivity index (χ1v) is 9.10. The van der Waals surface area contributed by atoms with Gasteiger partial charge < -0.3 is 9.88 Å². The molecular formula is C20H22FN3O. The van der Waals surface area contributed by atoms with Crippen LogP contribution in [0.15, 0.2) is 24.4 Å². The number of nitrogens with one attached hydrogen (secondary N) is 1. The zero-order valence-electron chi connectivity index (χ0n) is 14.2. The molecule has 1 N–H and O–H groups in total. The number of likely N-dealkylation sites (tertiary alicyclic amines) is 1. The molecule has 25 heavy (non-hydrogen) atoms. The summed E-state index contributed by atoms with van der Waals surface area (Å²) in [6, 6.07) is 7.12. The lowest BCUT2D eigenvalue weighted by atomic mass is 9.84. The minimum absolute atomic E-state index is 0.0240. The SMILES string of the molecule is N#CC1(C(=O)N2CCC(c3c[nH]c4ccc(F)cc34)CC2)CCCC1. The fourth-order valence-electron chi connectivity index (χ4n) is 4.50. The van der Waals surface area contributed by atoms with Gasteiger partial charge in [0.15, 0.2) is 0 Å². The van der Waals surface area contributed by atoms with Crippen LogP contribution in [0.25, 0.3) is 10.9 Å². The van der Waals surface area contributed by atoms with Gasteiger partial charge in [-0.25, -0.2) is 4.39 Å². The van der Waals surface area contributed by atoms with E-state index in [9.17, 15) is 14.4 Å². The summed E-state index contributed by atoms with van der Waals surface area (Å²) in [4.78, 5) is 17.9. The maximum absolute atomic E-state index is 13.6. The number of aromatic amines is 1. The molecule has 1 saturated carbocycles. The minimum atomic E-state index is -0.781. The second kappa shape index (κ2) is 6.18. The molecule has 1 aliphatic heterocycles. The average Bonchev–Trinajstić information content (AvgIpc) is 3.28. The molecule has 5 heteroatoms. The third-order valence-electron chi connectivity index (χ3n) is 5.98. The van der Waals surface area contributed by atoms with E-state index in [1.54, 1.807) is 12.1 Å². The number of nitriles is 1. The molecule has 0 radical (unpaired) electrons. The molecule has 0 atom stereocenters. The van der Waals surface area contributed by atoms with E-state index in [-0.39, 0.29) is 11.7 Å². The van der Waals surface area contributed by atoms with E-state index in [4.69, 9.17) is 0 Å². The number of amides is 1. The van der Waals surface area contributed by atoms with Crippen molar-refractivity contribution in [2.45, 2.75) is 44.4 Å². The summed E-state index contributed by atoms with van der Waals surface area (Å²) >= 11 is 0. The molecular weight excluding hydrogens is 317 g/mol. The smallest absolute Gasteiger partial charge is 0.243 e. The molecule has 1 aliphatic carbocycles. The van der Waals surface area contributed by atoms with Gasteiger partial charge in [0, 0.05) is 30.2 Å². The summed E-state index contributed by atoms with van der Waals surface area (Å²) in [7, 11) is 0. The van der Waals surface area contributed by atoms with E-state index in [1.165, 1.54) is 6.07 Å². The summed E-state index contributed by atoms with van der Waals surface area (Å²) in [5, 5.41) is 10.5. The van der Waals surface area contributed by atoms with E-state index >= 15 is 0 Å². The van der Waals surface area contributed by atoms with Gasteiger partial charge in [0.1, 0.15) is 11.2 Å². The van der Waals surface area contributed by atoms with Gasteiger partial charge in [-0.05, 0) is 55.4 Å². The molecule has 1 amide bonds. The summed E-state index contributed by atoms with van der Waals surface area (Å²) in [6.45, 7) is 1.35. The molecule has 2 fully saturated rings. The number of piperidine rings is 1. The predicted octanol–water partition coefficient (Wildman–Crippen LogP) is 4.10. The van der Waals surface area contributed by atoms with Crippen LogP contribution in [-0.2, 0) is 4.79 Å². The Bertz CT molecular complexity index is 836. The van der Waals surface area contributed by atoms with E-state index in [0.29, 0.717) is 31.8 Å². The lowest BCUT2D eigenvalue weighted by molar-refractivity contribution is -0.139. The summed E-state index contributed by atoms with van der Waals surface area (Å²) < 4.78 is 13.6. The molecule has 1 aromatic heterocycles. The van der Waals surface area contributed by atoms with E-state index in [1.807, 2.05) is 11.1 Å². The lowest BCUT2D eigenvalue weighted by Gasteiger charge is -2.35. The van der Waals surface area contributed by atoms with Crippen LogP contribution >= 0.6 is 0 Å². The Morgan fingerprint density at radius 2 is 2.00 bits per heavy atom. The van der Waals surface area contributed by atoms with Crippen molar-refractivity contribution >= 4 is 16.8 Å². The molecule has 4 nitrogen and oxygen atoms in total. The van der Waals surface area contributed by atoms with Gasteiger partial charge >= 0.3 is 0 Å². The van der Waals surface area contributed by atoms with Gasteiger partial charge in [0.25, 0.3) is 0 Å². The molecule has 1 aromatic carbocycles. The van der Waals surface area contributed by atoms with Crippen molar-refractivity contribution in [3.63, 3.8) is 0 Å². The molecule has 130 valence electrons. The van der Waals surface area contributed by atoms with Crippen LogP contribution in [0.5, 0.6) is 0 Å². The Hall–Kier alpha value is -2.35. The number of H-pyrrole nitrogens is 1. The van der Waals surface area contributed by atoms with Crippen LogP contribution in [0.3, 0.4) is 0 Å². The lowest BCUT2D eigenvalue weighted by Crippen LogP contribution is -2.45. The molecule has 4 rings (SSSR count). The van der Waals surface area contributed by atoms with Crippen LogP contribution in [0.1, 0.15) is 50.0 Å². The maximum atomic E-state index is 13.6. The Balaban J connectivity index is 1.49. The summed E-state index contributed by atoms with van der Waals surface area (Å²) in [6.07, 6.45) is 7.02. The van der Waals surface area contributed by atoms with Crippen molar-refractivity contribution in [2.24, 2.45) is 5.41 Å². The molecule has 2 heterocycles. The number of benzene rings is 1. The number of nitrogens with zero attached hydrogens (tertiary/aromatic N) is 2. The molecule has 0 spiro atoms. The first-order chi connectivity index (χ1) is 12.1. The topological polar surface area (TPSA) is 59.9 Å². The number of carbonyl (C=O) groups excluding carboxylic acids is 1. The van der Waals surface area contributed by atoms with Gasteiger partial charge in [0.05, 0.1) is 6.07 Å². The third-order valence-corrected chi connectivity index (χ3v) is 5.98. The van der Waals surface area contributed by atoms with Crippen molar-refractivity contribution < 1.29 is 9.18 Å². The van der Waals surface area contributed by atoms with Gasteiger partial charge in [-0.3, -0.25) is 4.79 Å². The van der Waals surface area contributed by atoms with Crippen molar-refractivity contribution in [1.29, 1.82) is 5.26 Å². The van der Waals surface area contributed by atoms with E-state index < -0.39 is 5.41 Å². The first kappa shape index (κ1) is 16.1. The van der Waals surface area contributed by atoms with Crippen LogP contribution < -0.4 is 0 Å². The number of fused-ring (bicyclic) bond motifs is 1. The Labute approximate surface area is 146 Å². The summed E-state index contributed by atoms with van der Waals surface area (Å²) in [5.41, 5.74) is 1.30. The maximum Gasteiger partial charge on any atom is 0.243 e. The number of carbonyl (C=O) groups is 1. The number of aromatic nitrogens is 1. The normalized spacial score (nSPS) is 20.7. The van der Waals surface area contributed by atoms with Crippen molar-refractivity contribution in [1.82, 2.24) is 9.88 Å². The van der Waals surface area contributed by atoms with Gasteiger partial charge in [0.2, 0.25) is 5.91 Å². The monoisotopic (exact) mass is 339 g/mol. The second-order valence-corrected chi connectivity index (χ2v) is 7.40. The highest BCUT2D eigenvalue weighted by Crippen LogP contribution is 2.41.